The van der Waals surface area contributed by atoms with Crippen molar-refractivity contribution in [3.05, 3.63) is 35.9 Å². The van der Waals surface area contributed by atoms with Crippen molar-refractivity contribution >= 4 is 23.8 Å². The van der Waals surface area contributed by atoms with E-state index < -0.39 is 42.0 Å². The lowest BCUT2D eigenvalue weighted by atomic mass is 10.0. The number of benzene rings is 1. The molecular formula is C25H40N4O5. The number of alkyl carbamates (subject to hydrolysis) is 1. The monoisotopic (exact) mass is 476 g/mol. The highest BCUT2D eigenvalue weighted by Gasteiger charge is 2.36. The standard InChI is InChI=1S/C25H40N4O5/c1-7-8-12-15-29(21(22(31)27-17(2)3)18-13-10-9-11-14-18)23(32)19(16-20(26)30)28-24(33)34-25(4,5)6/h9-11,13-14,17,19,21H,7-8,12,15-16H2,1-6H3,(H2,26,30)(H,27,31)(H,28,33). The minimum Gasteiger partial charge on any atom is -0.444 e. The molecule has 9 nitrogen and oxygen atoms in total. The van der Waals surface area contributed by atoms with Gasteiger partial charge in [0.1, 0.15) is 17.7 Å². The van der Waals surface area contributed by atoms with E-state index in [0.29, 0.717) is 12.0 Å². The molecule has 0 saturated carbocycles. The lowest BCUT2D eigenvalue weighted by molar-refractivity contribution is -0.143. The SMILES string of the molecule is CCCCCN(C(=O)C(CC(N)=O)NC(=O)OC(C)(C)C)C(C(=O)NC(C)C)c1ccccc1. The van der Waals surface area contributed by atoms with E-state index in [-0.39, 0.29) is 18.5 Å². The molecule has 190 valence electrons. The minimum atomic E-state index is -1.27. The Morgan fingerprint density at radius 2 is 1.65 bits per heavy atom. The van der Waals surface area contributed by atoms with Gasteiger partial charge in [0.2, 0.25) is 17.7 Å². The molecule has 0 aliphatic carbocycles. The van der Waals surface area contributed by atoms with Crippen LogP contribution in [0.3, 0.4) is 0 Å². The summed E-state index contributed by atoms with van der Waals surface area (Å²) in [4.78, 5) is 52.6. The molecule has 1 aromatic rings. The fourth-order valence-electron chi connectivity index (χ4n) is 3.42. The van der Waals surface area contributed by atoms with Crippen LogP contribution in [0.2, 0.25) is 0 Å². The highest BCUT2D eigenvalue weighted by atomic mass is 16.6. The predicted molar refractivity (Wildman–Crippen MR) is 131 cm³/mol. The maximum Gasteiger partial charge on any atom is 0.408 e. The molecule has 0 heterocycles. The summed E-state index contributed by atoms with van der Waals surface area (Å²) in [5.41, 5.74) is 5.22. The van der Waals surface area contributed by atoms with Gasteiger partial charge in [-0.2, -0.15) is 0 Å². The van der Waals surface area contributed by atoms with Crippen molar-refractivity contribution in [2.45, 2.75) is 91.0 Å². The van der Waals surface area contributed by atoms with Crippen LogP contribution in [0.4, 0.5) is 4.79 Å². The van der Waals surface area contributed by atoms with Crippen molar-refractivity contribution in [3.8, 4) is 0 Å². The maximum atomic E-state index is 13.7. The van der Waals surface area contributed by atoms with Gasteiger partial charge in [-0.3, -0.25) is 14.4 Å². The number of ether oxygens (including phenoxy) is 1. The first-order valence-electron chi connectivity index (χ1n) is 11.8. The molecule has 0 radical (unpaired) electrons. The van der Waals surface area contributed by atoms with E-state index in [2.05, 4.69) is 10.6 Å². The summed E-state index contributed by atoms with van der Waals surface area (Å²) < 4.78 is 5.27. The van der Waals surface area contributed by atoms with E-state index in [1.165, 1.54) is 4.90 Å². The summed E-state index contributed by atoms with van der Waals surface area (Å²) in [5, 5.41) is 5.36. The molecule has 0 saturated heterocycles. The predicted octanol–water partition coefficient (Wildman–Crippen LogP) is 3.04. The number of nitrogens with one attached hydrogen (secondary N) is 2. The van der Waals surface area contributed by atoms with Gasteiger partial charge in [-0.05, 0) is 46.6 Å². The van der Waals surface area contributed by atoms with E-state index in [1.807, 2.05) is 26.8 Å². The lowest BCUT2D eigenvalue weighted by Crippen LogP contribution is -2.54. The van der Waals surface area contributed by atoms with Crippen molar-refractivity contribution in [1.82, 2.24) is 15.5 Å². The van der Waals surface area contributed by atoms with E-state index in [1.54, 1.807) is 45.0 Å². The topological polar surface area (TPSA) is 131 Å². The quantitative estimate of drug-likeness (QED) is 0.399. The van der Waals surface area contributed by atoms with Gasteiger partial charge < -0.3 is 26.0 Å². The molecule has 2 atom stereocenters. The Labute approximate surface area is 202 Å². The van der Waals surface area contributed by atoms with Crippen LogP contribution in [-0.4, -0.2) is 52.9 Å². The zero-order valence-corrected chi connectivity index (χ0v) is 21.2. The van der Waals surface area contributed by atoms with E-state index in [9.17, 15) is 19.2 Å². The van der Waals surface area contributed by atoms with Crippen LogP contribution in [0.5, 0.6) is 0 Å². The number of hydrogen-bond donors (Lipinski definition) is 3. The van der Waals surface area contributed by atoms with Gasteiger partial charge in [-0.25, -0.2) is 4.79 Å². The van der Waals surface area contributed by atoms with Crippen molar-refractivity contribution in [2.75, 3.05) is 6.54 Å². The summed E-state index contributed by atoms with van der Waals surface area (Å²) in [6, 6.07) is 6.59. The van der Waals surface area contributed by atoms with Crippen LogP contribution in [0, 0.1) is 0 Å². The number of unbranched alkanes of at least 4 members (excludes halogenated alkanes) is 2. The molecule has 1 aromatic carbocycles. The molecule has 0 fully saturated rings. The Hall–Kier alpha value is -3.10. The number of nitrogens with two attached hydrogens (primary N) is 1. The second-order valence-corrected chi connectivity index (χ2v) is 9.58. The number of nitrogens with zero attached hydrogens (tertiary/aromatic N) is 1. The van der Waals surface area contributed by atoms with Gasteiger partial charge in [0.25, 0.3) is 0 Å². The molecule has 4 amide bonds. The first kappa shape index (κ1) is 28.9. The number of carbonyl (C=O) groups excluding carboxylic acids is 4. The fraction of sp³-hybridized carbons (Fsp3) is 0.600. The van der Waals surface area contributed by atoms with E-state index in [4.69, 9.17) is 10.5 Å². The van der Waals surface area contributed by atoms with Gasteiger partial charge in [0.15, 0.2) is 0 Å². The smallest absolute Gasteiger partial charge is 0.408 e. The summed E-state index contributed by atoms with van der Waals surface area (Å²) in [6.07, 6.45) is 1.14. The van der Waals surface area contributed by atoms with Crippen molar-refractivity contribution in [3.63, 3.8) is 0 Å². The largest absolute Gasteiger partial charge is 0.444 e. The summed E-state index contributed by atoms with van der Waals surface area (Å²) in [6.45, 7) is 11.0. The van der Waals surface area contributed by atoms with Gasteiger partial charge in [-0.15, -0.1) is 0 Å². The van der Waals surface area contributed by atoms with Crippen LogP contribution in [0.15, 0.2) is 30.3 Å². The number of amides is 4. The summed E-state index contributed by atoms with van der Waals surface area (Å²) in [5.74, 6) is -1.68. The Kier molecular flexibility index (Phi) is 11.5. The second-order valence-electron chi connectivity index (χ2n) is 9.58. The van der Waals surface area contributed by atoms with E-state index >= 15 is 0 Å². The second kappa shape index (κ2) is 13.6. The minimum absolute atomic E-state index is 0.146. The molecule has 9 heteroatoms. The summed E-state index contributed by atoms with van der Waals surface area (Å²) >= 11 is 0. The number of rotatable bonds is 12. The van der Waals surface area contributed by atoms with Gasteiger partial charge in [0, 0.05) is 12.6 Å². The van der Waals surface area contributed by atoms with Crippen molar-refractivity contribution in [1.29, 1.82) is 0 Å². The zero-order valence-electron chi connectivity index (χ0n) is 21.2. The third-order valence-electron chi connectivity index (χ3n) is 4.79. The van der Waals surface area contributed by atoms with Crippen molar-refractivity contribution in [2.24, 2.45) is 5.73 Å². The van der Waals surface area contributed by atoms with Crippen LogP contribution >= 0.6 is 0 Å². The molecule has 0 aliphatic heterocycles. The van der Waals surface area contributed by atoms with Crippen molar-refractivity contribution < 1.29 is 23.9 Å². The molecule has 1 rings (SSSR count). The number of primary amides is 1. The summed E-state index contributed by atoms with van der Waals surface area (Å²) in [7, 11) is 0. The van der Waals surface area contributed by atoms with Crippen LogP contribution in [-0.2, 0) is 19.1 Å². The molecule has 0 spiro atoms. The molecule has 2 unspecified atom stereocenters. The first-order valence-corrected chi connectivity index (χ1v) is 11.8. The molecule has 0 bridgehead atoms. The Morgan fingerprint density at radius 3 is 2.15 bits per heavy atom. The van der Waals surface area contributed by atoms with E-state index in [0.717, 1.165) is 12.8 Å². The molecule has 4 N–H and O–H groups in total. The molecule has 0 aromatic heterocycles. The Bertz CT molecular complexity index is 820. The van der Waals surface area contributed by atoms with Crippen LogP contribution in [0.25, 0.3) is 0 Å². The third-order valence-corrected chi connectivity index (χ3v) is 4.79. The highest BCUT2D eigenvalue weighted by Crippen LogP contribution is 2.24. The lowest BCUT2D eigenvalue weighted by Gasteiger charge is -2.34. The number of hydrogen-bond acceptors (Lipinski definition) is 5. The Morgan fingerprint density at radius 1 is 1.03 bits per heavy atom. The normalized spacial score (nSPS) is 13.0. The Balaban J connectivity index is 3.40. The first-order chi connectivity index (χ1) is 15.9. The van der Waals surface area contributed by atoms with Crippen LogP contribution in [0.1, 0.15) is 78.8 Å². The maximum absolute atomic E-state index is 13.7. The average Bonchev–Trinajstić information content (AvgIpc) is 2.70. The molecular weight excluding hydrogens is 436 g/mol. The van der Waals surface area contributed by atoms with Gasteiger partial charge in [0.05, 0.1) is 6.42 Å². The van der Waals surface area contributed by atoms with Gasteiger partial charge in [-0.1, -0.05) is 50.1 Å². The van der Waals surface area contributed by atoms with Crippen LogP contribution < -0.4 is 16.4 Å². The third kappa shape index (κ3) is 10.2. The average molecular weight is 477 g/mol. The number of carbonyl (C=O) groups is 4. The fourth-order valence-corrected chi connectivity index (χ4v) is 3.42. The highest BCUT2D eigenvalue weighted by molar-refractivity contribution is 5.94. The zero-order chi connectivity index (χ0) is 25.9. The van der Waals surface area contributed by atoms with Gasteiger partial charge >= 0.3 is 6.09 Å². The molecule has 34 heavy (non-hydrogen) atoms. The molecule has 0 aliphatic rings.